The van der Waals surface area contributed by atoms with E-state index in [1.807, 2.05) is 19.1 Å². The van der Waals surface area contributed by atoms with E-state index in [2.05, 4.69) is 24.2 Å². The van der Waals surface area contributed by atoms with Gasteiger partial charge in [-0.25, -0.2) is 4.79 Å². The molecule has 0 aliphatic rings. The Bertz CT molecular complexity index is 767. The van der Waals surface area contributed by atoms with Crippen LogP contribution in [0.15, 0.2) is 41.4 Å². The topological polar surface area (TPSA) is 70.9 Å². The van der Waals surface area contributed by atoms with E-state index in [0.29, 0.717) is 11.3 Å². The maximum Gasteiger partial charge on any atom is 0.412 e. The molecule has 0 atom stereocenters. The second-order valence-corrected chi connectivity index (χ2v) is 5.79. The third-order valence-electron chi connectivity index (χ3n) is 3.61. The van der Waals surface area contributed by atoms with E-state index in [1.54, 1.807) is 30.5 Å². The minimum absolute atomic E-state index is 0.185. The molecule has 0 saturated heterocycles. The van der Waals surface area contributed by atoms with Gasteiger partial charge in [0.25, 0.3) is 0 Å². The number of hydrogen-bond donors (Lipinski definition) is 2. The number of hydrogen-bond acceptors (Lipinski definition) is 4. The molecule has 0 spiro atoms. The van der Waals surface area contributed by atoms with Crippen LogP contribution in [-0.4, -0.2) is 24.5 Å². The number of para-hydroxylation sites is 1. The first-order valence-electron chi connectivity index (χ1n) is 7.78. The van der Waals surface area contributed by atoms with Crippen molar-refractivity contribution >= 4 is 18.0 Å². The summed E-state index contributed by atoms with van der Waals surface area (Å²) in [5, 5.41) is 12.3. The van der Waals surface area contributed by atoms with Gasteiger partial charge in [-0.3, -0.25) is 4.99 Å². The van der Waals surface area contributed by atoms with Crippen LogP contribution in [0.3, 0.4) is 0 Å². The molecule has 0 radical (unpaired) electrons. The molecular formula is C19H22N2O3. The molecular weight excluding hydrogens is 304 g/mol. The fourth-order valence-corrected chi connectivity index (χ4v) is 2.34. The van der Waals surface area contributed by atoms with Crippen molar-refractivity contribution < 1.29 is 14.6 Å². The quantitative estimate of drug-likeness (QED) is 0.823. The first-order chi connectivity index (χ1) is 11.4. The van der Waals surface area contributed by atoms with Crippen molar-refractivity contribution in [2.45, 2.75) is 26.7 Å². The minimum Gasteiger partial charge on any atom is -0.507 e. The number of benzene rings is 2. The largest absolute Gasteiger partial charge is 0.507 e. The van der Waals surface area contributed by atoms with Gasteiger partial charge in [-0.05, 0) is 48.2 Å². The average molecular weight is 326 g/mol. The van der Waals surface area contributed by atoms with Gasteiger partial charge in [0.15, 0.2) is 0 Å². The summed E-state index contributed by atoms with van der Waals surface area (Å²) in [6.07, 6.45) is 1.14. The lowest BCUT2D eigenvalue weighted by molar-refractivity contribution is 0.203. The van der Waals surface area contributed by atoms with Gasteiger partial charge in [0.2, 0.25) is 0 Å². The van der Waals surface area contributed by atoms with Crippen molar-refractivity contribution in [3.63, 3.8) is 0 Å². The van der Waals surface area contributed by atoms with Crippen LogP contribution in [-0.2, 0) is 0 Å². The van der Waals surface area contributed by atoms with Crippen LogP contribution in [0.25, 0.3) is 0 Å². The molecule has 0 aliphatic heterocycles. The van der Waals surface area contributed by atoms with Gasteiger partial charge in [-0.15, -0.1) is 0 Å². The summed E-state index contributed by atoms with van der Waals surface area (Å²) >= 11 is 0. The number of phenols is 1. The highest BCUT2D eigenvalue weighted by Crippen LogP contribution is 2.34. The van der Waals surface area contributed by atoms with Gasteiger partial charge in [-0.2, -0.15) is 0 Å². The normalized spacial score (nSPS) is 11.0. The number of carbonyl (C=O) groups is 1. The van der Waals surface area contributed by atoms with Gasteiger partial charge >= 0.3 is 6.09 Å². The third kappa shape index (κ3) is 4.13. The number of ether oxygens (including phenoxy) is 1. The van der Waals surface area contributed by atoms with E-state index in [9.17, 15) is 9.90 Å². The first kappa shape index (κ1) is 17.5. The molecule has 2 aromatic carbocycles. The molecule has 0 bridgehead atoms. The lowest BCUT2D eigenvalue weighted by Crippen LogP contribution is -2.22. The lowest BCUT2D eigenvalue weighted by Gasteiger charge is -2.14. The summed E-state index contributed by atoms with van der Waals surface area (Å²) < 4.78 is 5.23. The van der Waals surface area contributed by atoms with Crippen molar-refractivity contribution in [1.82, 2.24) is 5.32 Å². The molecule has 126 valence electrons. The number of aliphatic imine (C=N–C) groups is 1. The highest BCUT2D eigenvalue weighted by atomic mass is 16.5. The molecule has 0 saturated carbocycles. The summed E-state index contributed by atoms with van der Waals surface area (Å²) in [6.45, 7) is 6.02. The number of nitrogens with one attached hydrogen (secondary N) is 1. The molecule has 0 aromatic heterocycles. The van der Waals surface area contributed by atoms with Gasteiger partial charge in [0, 0.05) is 18.8 Å². The van der Waals surface area contributed by atoms with Crippen LogP contribution in [0.5, 0.6) is 11.5 Å². The number of amides is 1. The van der Waals surface area contributed by atoms with Crippen molar-refractivity contribution in [2.24, 2.45) is 4.99 Å². The predicted octanol–water partition coefficient (Wildman–Crippen LogP) is 4.29. The molecule has 2 N–H and O–H groups in total. The highest BCUT2D eigenvalue weighted by Gasteiger charge is 2.13. The van der Waals surface area contributed by atoms with E-state index in [4.69, 9.17) is 4.74 Å². The Labute approximate surface area is 142 Å². The SMILES string of the molecule is CNC(=O)Oc1cc(C)c(/N=C\c2ccccc2O)c(C(C)C)c1. The second-order valence-electron chi connectivity index (χ2n) is 5.79. The van der Waals surface area contributed by atoms with Crippen LogP contribution in [0.2, 0.25) is 0 Å². The second kappa shape index (κ2) is 7.64. The first-order valence-corrected chi connectivity index (χ1v) is 7.78. The molecule has 0 aliphatic carbocycles. The Morgan fingerprint density at radius 3 is 2.62 bits per heavy atom. The van der Waals surface area contributed by atoms with E-state index in [0.717, 1.165) is 16.8 Å². The standard InChI is InChI=1S/C19H22N2O3/c1-12(2)16-10-15(24-19(23)20-4)9-13(3)18(16)21-11-14-7-5-6-8-17(14)22/h5-12,22H,1-4H3,(H,20,23)/b21-11-. The van der Waals surface area contributed by atoms with Crippen molar-refractivity contribution in [3.05, 3.63) is 53.1 Å². The predicted molar refractivity (Wildman–Crippen MR) is 95.7 cm³/mol. The van der Waals surface area contributed by atoms with E-state index in [-0.39, 0.29) is 11.7 Å². The smallest absolute Gasteiger partial charge is 0.412 e. The summed E-state index contributed by atoms with van der Waals surface area (Å²) in [5.41, 5.74) is 3.34. The Morgan fingerprint density at radius 2 is 2.00 bits per heavy atom. The van der Waals surface area contributed by atoms with Gasteiger partial charge < -0.3 is 15.2 Å². The van der Waals surface area contributed by atoms with Crippen LogP contribution in [0, 0.1) is 6.92 Å². The van der Waals surface area contributed by atoms with Crippen molar-refractivity contribution in [3.8, 4) is 11.5 Å². The zero-order chi connectivity index (χ0) is 17.7. The lowest BCUT2D eigenvalue weighted by atomic mass is 9.98. The Kier molecular flexibility index (Phi) is 5.58. The zero-order valence-corrected chi connectivity index (χ0v) is 14.3. The summed E-state index contributed by atoms with van der Waals surface area (Å²) in [6, 6.07) is 10.6. The number of aromatic hydroxyl groups is 1. The molecule has 0 fully saturated rings. The van der Waals surface area contributed by atoms with E-state index < -0.39 is 6.09 Å². The number of aryl methyl sites for hydroxylation is 1. The third-order valence-corrected chi connectivity index (χ3v) is 3.61. The van der Waals surface area contributed by atoms with Gasteiger partial charge in [0.1, 0.15) is 11.5 Å². The van der Waals surface area contributed by atoms with Crippen LogP contribution in [0.1, 0.15) is 36.5 Å². The average Bonchev–Trinajstić information content (AvgIpc) is 2.54. The molecule has 2 aromatic rings. The number of rotatable bonds is 4. The fourth-order valence-electron chi connectivity index (χ4n) is 2.34. The number of carbonyl (C=O) groups excluding carboxylic acids is 1. The molecule has 0 unspecified atom stereocenters. The summed E-state index contributed by atoms with van der Waals surface area (Å²) in [4.78, 5) is 16.0. The summed E-state index contributed by atoms with van der Waals surface area (Å²) in [5.74, 6) is 0.870. The Morgan fingerprint density at radius 1 is 1.29 bits per heavy atom. The Hall–Kier alpha value is -2.82. The maximum atomic E-state index is 11.4. The molecule has 24 heavy (non-hydrogen) atoms. The van der Waals surface area contributed by atoms with Crippen LogP contribution < -0.4 is 10.1 Å². The van der Waals surface area contributed by atoms with E-state index in [1.165, 1.54) is 7.05 Å². The highest BCUT2D eigenvalue weighted by molar-refractivity contribution is 5.86. The van der Waals surface area contributed by atoms with Gasteiger partial charge in [-0.1, -0.05) is 26.0 Å². The molecule has 0 heterocycles. The molecule has 1 amide bonds. The summed E-state index contributed by atoms with van der Waals surface area (Å²) in [7, 11) is 1.52. The number of nitrogens with zero attached hydrogens (tertiary/aromatic N) is 1. The van der Waals surface area contributed by atoms with E-state index >= 15 is 0 Å². The molecule has 5 heteroatoms. The maximum absolute atomic E-state index is 11.4. The van der Waals surface area contributed by atoms with Crippen LogP contribution >= 0.6 is 0 Å². The molecule has 2 rings (SSSR count). The fraction of sp³-hybridized carbons (Fsp3) is 0.263. The van der Waals surface area contributed by atoms with Crippen molar-refractivity contribution in [2.75, 3.05) is 7.05 Å². The number of phenolic OH excluding ortho intramolecular Hbond substituents is 1. The zero-order valence-electron chi connectivity index (χ0n) is 14.3. The van der Waals surface area contributed by atoms with Gasteiger partial charge in [0.05, 0.1) is 5.69 Å². The van der Waals surface area contributed by atoms with Crippen molar-refractivity contribution in [1.29, 1.82) is 0 Å². The monoisotopic (exact) mass is 326 g/mol. The molecule has 5 nitrogen and oxygen atoms in total. The van der Waals surface area contributed by atoms with Crippen LogP contribution in [0.4, 0.5) is 10.5 Å². The minimum atomic E-state index is -0.505. The Balaban J connectivity index is 2.42.